The highest BCUT2D eigenvalue weighted by Crippen LogP contribution is 2.27. The quantitative estimate of drug-likeness (QED) is 0.684. The van der Waals surface area contributed by atoms with Crippen molar-refractivity contribution in [1.29, 1.82) is 0 Å². The van der Waals surface area contributed by atoms with Crippen LogP contribution in [0.15, 0.2) is 30.7 Å². The van der Waals surface area contributed by atoms with Gasteiger partial charge in [0.2, 0.25) is 5.95 Å². The first-order chi connectivity index (χ1) is 13.2. The highest BCUT2D eigenvalue weighted by Gasteiger charge is 2.25. The Bertz CT molecular complexity index is 917. The van der Waals surface area contributed by atoms with E-state index in [-0.39, 0.29) is 0 Å². The van der Waals surface area contributed by atoms with Gasteiger partial charge >= 0.3 is 0 Å². The van der Waals surface area contributed by atoms with Gasteiger partial charge in [0, 0.05) is 52.3 Å². The molecule has 0 unspecified atom stereocenters. The van der Waals surface area contributed by atoms with Crippen molar-refractivity contribution in [3.05, 3.63) is 30.7 Å². The third-order valence-electron chi connectivity index (χ3n) is 5.24. The molecule has 0 atom stereocenters. The Balaban J connectivity index is 1.40. The summed E-state index contributed by atoms with van der Waals surface area (Å²) in [6.07, 6.45) is 7.40. The van der Waals surface area contributed by atoms with Crippen LogP contribution in [-0.4, -0.2) is 58.3 Å². The van der Waals surface area contributed by atoms with Gasteiger partial charge in [-0.25, -0.2) is 19.9 Å². The lowest BCUT2D eigenvalue weighted by molar-refractivity contribution is 0.386. The summed E-state index contributed by atoms with van der Waals surface area (Å²) in [6, 6.07) is 3.95. The van der Waals surface area contributed by atoms with Crippen molar-refractivity contribution in [2.75, 3.05) is 43.6 Å². The topological polar surface area (TPSA) is 72.2 Å². The molecule has 1 aliphatic rings. The normalized spacial score (nSPS) is 15.3. The maximum absolute atomic E-state index is 5.33. The number of ether oxygens (including phenoxy) is 1. The number of imidazole rings is 1. The number of methoxy groups -OCH3 is 1. The lowest BCUT2D eigenvalue weighted by Crippen LogP contribution is -2.39. The summed E-state index contributed by atoms with van der Waals surface area (Å²) < 4.78 is 7.42. The van der Waals surface area contributed by atoms with Gasteiger partial charge in [0.1, 0.15) is 5.52 Å². The Kier molecular flexibility index (Phi) is 4.79. The molecule has 4 heterocycles. The third-order valence-corrected chi connectivity index (χ3v) is 5.24. The van der Waals surface area contributed by atoms with Crippen molar-refractivity contribution < 1.29 is 4.74 Å². The molecule has 0 spiro atoms. The molecule has 0 radical (unpaired) electrons. The van der Waals surface area contributed by atoms with E-state index in [0.29, 0.717) is 11.8 Å². The van der Waals surface area contributed by atoms with Crippen LogP contribution in [0.2, 0.25) is 0 Å². The summed E-state index contributed by atoms with van der Waals surface area (Å²) in [7, 11) is 5.72. The van der Waals surface area contributed by atoms with Crippen molar-refractivity contribution >= 4 is 22.9 Å². The molecule has 142 valence electrons. The molecule has 1 fully saturated rings. The summed E-state index contributed by atoms with van der Waals surface area (Å²) in [6.45, 7) is 2.92. The average molecular weight is 367 g/mol. The fourth-order valence-corrected chi connectivity index (χ4v) is 3.81. The Labute approximate surface area is 158 Å². The second-order valence-corrected chi connectivity index (χ2v) is 7.02. The molecule has 4 rings (SSSR count). The molecule has 0 aromatic carbocycles. The number of piperidine rings is 1. The lowest BCUT2D eigenvalue weighted by Gasteiger charge is -2.34. The van der Waals surface area contributed by atoms with Crippen molar-refractivity contribution in [1.82, 2.24) is 24.5 Å². The second-order valence-electron chi connectivity index (χ2n) is 7.02. The van der Waals surface area contributed by atoms with Gasteiger partial charge in [-0.05, 0) is 30.9 Å². The van der Waals surface area contributed by atoms with Crippen LogP contribution < -0.4 is 14.5 Å². The molecule has 1 saturated heterocycles. The Morgan fingerprint density at radius 1 is 1.15 bits per heavy atom. The zero-order chi connectivity index (χ0) is 18.8. The largest absolute Gasteiger partial charge is 0.478 e. The Morgan fingerprint density at radius 3 is 2.67 bits per heavy atom. The van der Waals surface area contributed by atoms with Gasteiger partial charge in [-0.3, -0.25) is 4.57 Å². The van der Waals surface area contributed by atoms with E-state index in [1.54, 1.807) is 19.5 Å². The first kappa shape index (κ1) is 17.5. The molecule has 0 saturated carbocycles. The lowest BCUT2D eigenvalue weighted by atomic mass is 9.96. The maximum Gasteiger partial charge on any atom is 0.257 e. The van der Waals surface area contributed by atoms with Crippen LogP contribution in [0.25, 0.3) is 11.2 Å². The number of aryl methyl sites for hydroxylation is 1. The van der Waals surface area contributed by atoms with E-state index >= 15 is 0 Å². The zero-order valence-electron chi connectivity index (χ0n) is 16.0. The maximum atomic E-state index is 5.33. The summed E-state index contributed by atoms with van der Waals surface area (Å²) in [5.74, 6) is 2.98. The van der Waals surface area contributed by atoms with Gasteiger partial charge in [-0.1, -0.05) is 0 Å². The van der Waals surface area contributed by atoms with Gasteiger partial charge in [0.25, 0.3) is 5.88 Å². The first-order valence-corrected chi connectivity index (χ1v) is 9.26. The number of nitrogens with zero attached hydrogens (tertiary/aromatic N) is 7. The molecule has 27 heavy (non-hydrogen) atoms. The molecule has 8 heteroatoms. The van der Waals surface area contributed by atoms with Gasteiger partial charge < -0.3 is 14.5 Å². The molecule has 0 N–H and O–H groups in total. The molecule has 3 aromatic rings. The van der Waals surface area contributed by atoms with Crippen LogP contribution in [0.1, 0.15) is 12.8 Å². The minimum atomic E-state index is 0.574. The number of anilines is 2. The van der Waals surface area contributed by atoms with Crippen LogP contribution in [0, 0.1) is 5.92 Å². The molecular formula is C19H25N7O. The zero-order valence-corrected chi connectivity index (χ0v) is 16.0. The number of hydrogen-bond donors (Lipinski definition) is 0. The molecule has 1 aliphatic heterocycles. The highest BCUT2D eigenvalue weighted by atomic mass is 16.5. The van der Waals surface area contributed by atoms with E-state index in [2.05, 4.69) is 36.4 Å². The van der Waals surface area contributed by atoms with E-state index in [1.165, 1.54) is 0 Å². The number of pyridine rings is 1. The summed E-state index contributed by atoms with van der Waals surface area (Å²) >= 11 is 0. The first-order valence-electron chi connectivity index (χ1n) is 9.26. The number of aromatic nitrogens is 5. The van der Waals surface area contributed by atoms with Crippen molar-refractivity contribution in [2.45, 2.75) is 12.8 Å². The predicted molar refractivity (Wildman–Crippen MR) is 105 cm³/mol. The molecule has 0 aliphatic carbocycles. The molecule has 3 aromatic heterocycles. The predicted octanol–water partition coefficient (Wildman–Crippen LogP) is 2.12. The molecule has 0 amide bonds. The van der Waals surface area contributed by atoms with Gasteiger partial charge in [0.05, 0.1) is 7.11 Å². The third kappa shape index (κ3) is 3.39. The second kappa shape index (κ2) is 7.38. The van der Waals surface area contributed by atoms with Crippen LogP contribution in [0.3, 0.4) is 0 Å². The standard InChI is InChI=1S/C19H25N7O/c1-24(17-18(27-3)22-10-9-21-17)13-14-6-11-26(12-7-14)19-23-15-5-4-8-20-16(15)25(19)2/h4-5,8-10,14H,6-7,11-13H2,1-3H3. The minimum absolute atomic E-state index is 0.574. The van der Waals surface area contributed by atoms with Crippen LogP contribution in [0.4, 0.5) is 11.8 Å². The van der Waals surface area contributed by atoms with Crippen molar-refractivity contribution in [3.63, 3.8) is 0 Å². The van der Waals surface area contributed by atoms with Gasteiger partial charge in [-0.2, -0.15) is 0 Å². The molecule has 8 nitrogen and oxygen atoms in total. The molecular weight excluding hydrogens is 342 g/mol. The van der Waals surface area contributed by atoms with Crippen molar-refractivity contribution in [3.8, 4) is 5.88 Å². The number of fused-ring (bicyclic) bond motifs is 1. The average Bonchev–Trinajstić information content (AvgIpc) is 3.05. The van der Waals surface area contributed by atoms with E-state index < -0.39 is 0 Å². The Hall–Kier alpha value is -2.90. The Morgan fingerprint density at radius 2 is 1.93 bits per heavy atom. The summed E-state index contributed by atoms with van der Waals surface area (Å²) in [5.41, 5.74) is 1.88. The summed E-state index contributed by atoms with van der Waals surface area (Å²) in [5, 5.41) is 0. The van der Waals surface area contributed by atoms with E-state index in [9.17, 15) is 0 Å². The number of rotatable bonds is 5. The van der Waals surface area contributed by atoms with Crippen molar-refractivity contribution in [2.24, 2.45) is 13.0 Å². The fraction of sp³-hybridized carbons (Fsp3) is 0.474. The monoisotopic (exact) mass is 367 g/mol. The molecule has 0 bridgehead atoms. The highest BCUT2D eigenvalue weighted by molar-refractivity contribution is 5.74. The van der Waals surface area contributed by atoms with Crippen LogP contribution in [-0.2, 0) is 7.05 Å². The van der Waals surface area contributed by atoms with Crippen LogP contribution >= 0.6 is 0 Å². The van der Waals surface area contributed by atoms with E-state index in [0.717, 1.165) is 55.4 Å². The summed E-state index contributed by atoms with van der Waals surface area (Å²) in [4.78, 5) is 22.4. The smallest absolute Gasteiger partial charge is 0.257 e. The SMILES string of the molecule is COc1nccnc1N(C)CC1CCN(c2nc3cccnc3n2C)CC1. The minimum Gasteiger partial charge on any atom is -0.478 e. The van der Waals surface area contributed by atoms with Crippen LogP contribution in [0.5, 0.6) is 5.88 Å². The van der Waals surface area contributed by atoms with Gasteiger partial charge in [-0.15, -0.1) is 0 Å². The van der Waals surface area contributed by atoms with E-state index in [4.69, 9.17) is 9.72 Å². The van der Waals surface area contributed by atoms with E-state index in [1.807, 2.05) is 25.4 Å². The van der Waals surface area contributed by atoms with Gasteiger partial charge in [0.15, 0.2) is 11.5 Å². The number of hydrogen-bond acceptors (Lipinski definition) is 7. The fourth-order valence-electron chi connectivity index (χ4n) is 3.81.